The maximum absolute atomic E-state index is 13.6. The molecule has 0 bridgehead atoms. The predicted octanol–water partition coefficient (Wildman–Crippen LogP) is 4.02. The van der Waals surface area contributed by atoms with Gasteiger partial charge in [-0.2, -0.15) is 0 Å². The third-order valence-electron chi connectivity index (χ3n) is 8.14. The quantitative estimate of drug-likeness (QED) is 0.555. The summed E-state index contributed by atoms with van der Waals surface area (Å²) >= 11 is 0. The minimum atomic E-state index is -0.503. The zero-order valence-corrected chi connectivity index (χ0v) is 21.5. The average molecular weight is 456 g/mol. The average Bonchev–Trinajstić information content (AvgIpc) is 3.19. The summed E-state index contributed by atoms with van der Waals surface area (Å²) in [5.41, 5.74) is 0.755. The Hall–Kier alpha value is -1.86. The highest BCUT2D eigenvalue weighted by Gasteiger charge is 2.58. The Bertz CT molecular complexity index is 832. The summed E-state index contributed by atoms with van der Waals surface area (Å²) in [5, 5.41) is 0. The van der Waals surface area contributed by atoms with E-state index in [1.807, 2.05) is 45.2 Å². The van der Waals surface area contributed by atoms with Crippen molar-refractivity contribution in [3.05, 3.63) is 29.8 Å². The molecule has 182 valence electrons. The van der Waals surface area contributed by atoms with Gasteiger partial charge in [0.2, 0.25) is 5.91 Å². The first kappa shape index (κ1) is 25.8. The fourth-order valence-corrected chi connectivity index (χ4v) is 5.79. The molecule has 0 radical (unpaired) electrons. The first-order chi connectivity index (χ1) is 15.7. The van der Waals surface area contributed by atoms with E-state index in [2.05, 4.69) is 27.7 Å². The van der Waals surface area contributed by atoms with Gasteiger partial charge in [0.15, 0.2) is 0 Å². The molecule has 0 saturated carbocycles. The Balaban J connectivity index is 1.91. The molecule has 0 N–H and O–H groups in total. The van der Waals surface area contributed by atoms with E-state index in [1.54, 1.807) is 9.80 Å². The van der Waals surface area contributed by atoms with E-state index in [0.717, 1.165) is 37.6 Å². The van der Waals surface area contributed by atoms with E-state index in [1.165, 1.54) is 0 Å². The number of likely N-dealkylation sites (N-methyl/N-ethyl adjacent to an activating group) is 1. The molecule has 2 aliphatic rings. The van der Waals surface area contributed by atoms with Crippen molar-refractivity contribution < 1.29 is 18.9 Å². The van der Waals surface area contributed by atoms with Crippen molar-refractivity contribution in [3.8, 4) is 0 Å². The lowest BCUT2D eigenvalue weighted by atomic mass is 9.75. The Morgan fingerprint density at radius 3 is 2.15 bits per heavy atom. The van der Waals surface area contributed by atoms with Gasteiger partial charge in [0, 0.05) is 25.2 Å². The molecule has 2 unspecified atom stereocenters. The van der Waals surface area contributed by atoms with Crippen LogP contribution in [0.4, 0.5) is 0 Å². The number of piperazine rings is 1. The van der Waals surface area contributed by atoms with Gasteiger partial charge >= 0.3 is 7.12 Å². The highest BCUT2D eigenvalue weighted by Crippen LogP contribution is 2.46. The zero-order chi connectivity index (χ0) is 24.4. The number of rotatable bonds is 8. The summed E-state index contributed by atoms with van der Waals surface area (Å²) in [4.78, 5) is 30.0. The van der Waals surface area contributed by atoms with Crippen molar-refractivity contribution in [2.45, 2.75) is 103 Å². The van der Waals surface area contributed by atoms with Crippen molar-refractivity contribution >= 4 is 24.4 Å². The maximum atomic E-state index is 13.6. The number of carbonyl (C=O) groups excluding carboxylic acids is 2. The Kier molecular flexibility index (Phi) is 7.95. The molecule has 0 spiro atoms. The van der Waals surface area contributed by atoms with Crippen LogP contribution in [0.15, 0.2) is 24.3 Å². The van der Waals surface area contributed by atoms with Gasteiger partial charge in [-0.1, -0.05) is 53.2 Å². The van der Waals surface area contributed by atoms with Gasteiger partial charge in [0.05, 0.1) is 11.2 Å². The van der Waals surface area contributed by atoms with Crippen LogP contribution in [-0.4, -0.2) is 65.6 Å². The second kappa shape index (κ2) is 10.2. The summed E-state index contributed by atoms with van der Waals surface area (Å²) in [6, 6.07) is 7.16. The first-order valence-corrected chi connectivity index (χ1v) is 12.8. The molecule has 3 rings (SSSR count). The molecule has 2 saturated heterocycles. The van der Waals surface area contributed by atoms with Crippen LogP contribution in [0, 0.1) is 0 Å². The van der Waals surface area contributed by atoms with Crippen LogP contribution in [0.3, 0.4) is 0 Å². The number of nitrogens with zero attached hydrogens (tertiary/aromatic N) is 2. The molecule has 1 aromatic carbocycles. The molecule has 2 atom stereocenters. The van der Waals surface area contributed by atoms with Gasteiger partial charge in [0.1, 0.15) is 6.04 Å². The van der Waals surface area contributed by atoms with Crippen molar-refractivity contribution in [1.82, 2.24) is 9.80 Å². The van der Waals surface area contributed by atoms with Gasteiger partial charge < -0.3 is 19.1 Å². The molecular formula is C26H41BN2O4. The van der Waals surface area contributed by atoms with Gasteiger partial charge in [-0.25, -0.2) is 0 Å². The topological polar surface area (TPSA) is 59.1 Å². The summed E-state index contributed by atoms with van der Waals surface area (Å²) < 4.78 is 13.2. The zero-order valence-electron chi connectivity index (χ0n) is 21.5. The number of hydrogen-bond donors (Lipinski definition) is 0. The van der Waals surface area contributed by atoms with E-state index >= 15 is 0 Å². The molecule has 7 heteroatoms. The maximum Gasteiger partial charge on any atom is 0.494 e. The third-order valence-corrected chi connectivity index (χ3v) is 8.14. The van der Waals surface area contributed by atoms with Crippen LogP contribution >= 0.6 is 0 Å². The smallest absolute Gasteiger partial charge is 0.399 e. The van der Waals surface area contributed by atoms with Crippen LogP contribution in [0.5, 0.6) is 0 Å². The molecule has 0 aromatic heterocycles. The minimum absolute atomic E-state index is 0.0105. The lowest BCUT2D eigenvalue weighted by Crippen LogP contribution is -2.61. The Morgan fingerprint density at radius 2 is 1.64 bits per heavy atom. The van der Waals surface area contributed by atoms with Crippen LogP contribution in [0.1, 0.15) is 90.4 Å². The number of carbonyl (C=O) groups is 2. The number of hydrogen-bond acceptors (Lipinski definition) is 4. The van der Waals surface area contributed by atoms with Gasteiger partial charge in [-0.15, -0.1) is 0 Å². The lowest BCUT2D eigenvalue weighted by molar-refractivity contribution is -0.142. The van der Waals surface area contributed by atoms with Crippen molar-refractivity contribution in [3.63, 3.8) is 0 Å². The molecule has 2 aliphatic heterocycles. The van der Waals surface area contributed by atoms with Crippen molar-refractivity contribution in [2.24, 2.45) is 0 Å². The van der Waals surface area contributed by atoms with Gasteiger partial charge in [-0.3, -0.25) is 9.59 Å². The SMILES string of the molecule is CCCC1C(=O)N(C)C(C)CN1C(=O)c1cccc(B2OC(CC)(CC)C(CC)(CC)O2)c1. The van der Waals surface area contributed by atoms with Gasteiger partial charge in [0.25, 0.3) is 5.91 Å². The first-order valence-electron chi connectivity index (χ1n) is 12.8. The van der Waals surface area contributed by atoms with Gasteiger partial charge in [-0.05, 0) is 56.6 Å². The van der Waals surface area contributed by atoms with Crippen LogP contribution < -0.4 is 5.46 Å². The number of amides is 2. The monoisotopic (exact) mass is 456 g/mol. The van der Waals surface area contributed by atoms with E-state index in [0.29, 0.717) is 18.5 Å². The summed E-state index contributed by atoms with van der Waals surface area (Å²) in [6.45, 7) is 13.2. The van der Waals surface area contributed by atoms with Crippen molar-refractivity contribution in [1.29, 1.82) is 0 Å². The second-order valence-corrected chi connectivity index (χ2v) is 9.66. The molecule has 0 aliphatic carbocycles. The fourth-order valence-electron chi connectivity index (χ4n) is 5.79. The van der Waals surface area contributed by atoms with Crippen LogP contribution in [-0.2, 0) is 14.1 Å². The second-order valence-electron chi connectivity index (χ2n) is 9.66. The molecule has 2 amide bonds. The van der Waals surface area contributed by atoms with Crippen LogP contribution in [0.2, 0.25) is 0 Å². The molecule has 6 nitrogen and oxygen atoms in total. The Labute approximate surface area is 200 Å². The number of benzene rings is 1. The molecule has 33 heavy (non-hydrogen) atoms. The van der Waals surface area contributed by atoms with Crippen molar-refractivity contribution in [2.75, 3.05) is 13.6 Å². The molecule has 1 aromatic rings. The summed E-state index contributed by atoms with van der Waals surface area (Å²) in [5.74, 6) is -0.0787. The van der Waals surface area contributed by atoms with E-state index in [4.69, 9.17) is 9.31 Å². The fraction of sp³-hybridized carbons (Fsp3) is 0.692. The highest BCUT2D eigenvalue weighted by atomic mass is 16.7. The predicted molar refractivity (Wildman–Crippen MR) is 133 cm³/mol. The third kappa shape index (κ3) is 4.34. The van der Waals surface area contributed by atoms with E-state index < -0.39 is 13.2 Å². The minimum Gasteiger partial charge on any atom is -0.399 e. The standard InChI is InChI=1S/C26H41BN2O4/c1-8-14-22-24(31)28(7)19(6)18-29(22)23(30)20-15-13-16-21(17-20)27-32-25(9-2,10-3)26(11-4,12-5)33-27/h13,15-17,19,22H,8-12,14,18H2,1-7H3. The molecule has 2 fully saturated rings. The largest absolute Gasteiger partial charge is 0.494 e. The highest BCUT2D eigenvalue weighted by molar-refractivity contribution is 6.62. The van der Waals surface area contributed by atoms with E-state index in [9.17, 15) is 9.59 Å². The van der Waals surface area contributed by atoms with E-state index in [-0.39, 0.29) is 29.1 Å². The summed E-state index contributed by atoms with van der Waals surface area (Å²) in [7, 11) is 1.32. The molecule has 2 heterocycles. The Morgan fingerprint density at radius 1 is 1.06 bits per heavy atom. The molecular weight excluding hydrogens is 415 g/mol. The lowest BCUT2D eigenvalue weighted by Gasteiger charge is -2.43. The summed E-state index contributed by atoms with van der Waals surface area (Å²) in [6.07, 6.45) is 5.01. The normalized spacial score (nSPS) is 24.5. The van der Waals surface area contributed by atoms with Crippen LogP contribution in [0.25, 0.3) is 0 Å².